The molecule has 10 heteroatoms. The first kappa shape index (κ1) is 20.9. The van der Waals surface area contributed by atoms with Gasteiger partial charge in [-0.2, -0.15) is 4.31 Å². The van der Waals surface area contributed by atoms with Crippen molar-refractivity contribution >= 4 is 27.6 Å². The molecule has 148 valence electrons. The number of benzene rings is 1. The molecule has 0 spiro atoms. The lowest BCUT2D eigenvalue weighted by Crippen LogP contribution is -2.40. The molecule has 1 saturated heterocycles. The van der Waals surface area contributed by atoms with Crippen molar-refractivity contribution in [2.75, 3.05) is 45.3 Å². The Kier molecular flexibility index (Phi) is 7.34. The summed E-state index contributed by atoms with van der Waals surface area (Å²) in [5.74, 6) is -1.07. The third kappa shape index (κ3) is 5.52. The molecule has 0 saturated carbocycles. The molecule has 9 nitrogen and oxygen atoms in total. The van der Waals surface area contributed by atoms with Gasteiger partial charge >= 0.3 is 5.97 Å². The number of allylic oxidation sites excluding steroid dienone is 1. The molecular weight excluding hydrogens is 376 g/mol. The minimum absolute atomic E-state index is 0.0596. The molecule has 1 aliphatic rings. The van der Waals surface area contributed by atoms with E-state index in [4.69, 9.17) is 14.2 Å². The van der Waals surface area contributed by atoms with Gasteiger partial charge in [0.15, 0.2) is 6.61 Å². The molecule has 1 heterocycles. The summed E-state index contributed by atoms with van der Waals surface area (Å²) in [6, 6.07) is 4.27. The Labute approximate surface area is 157 Å². The number of methoxy groups -OCH3 is 1. The van der Waals surface area contributed by atoms with Crippen LogP contribution in [-0.2, 0) is 29.1 Å². The van der Waals surface area contributed by atoms with Crippen LogP contribution in [0.4, 0.5) is 5.69 Å². The first-order valence-electron chi connectivity index (χ1n) is 8.23. The van der Waals surface area contributed by atoms with E-state index in [1.54, 1.807) is 6.92 Å². The fourth-order valence-corrected chi connectivity index (χ4v) is 3.99. The number of anilines is 1. The summed E-state index contributed by atoms with van der Waals surface area (Å²) in [5.41, 5.74) is 0.245. The van der Waals surface area contributed by atoms with E-state index in [1.807, 2.05) is 0 Å². The number of nitrogens with zero attached hydrogens (tertiary/aromatic N) is 1. The van der Waals surface area contributed by atoms with Crippen molar-refractivity contribution in [3.8, 4) is 5.75 Å². The van der Waals surface area contributed by atoms with Crippen LogP contribution in [0.3, 0.4) is 0 Å². The fourth-order valence-electron chi connectivity index (χ4n) is 2.40. The summed E-state index contributed by atoms with van der Waals surface area (Å²) in [5, 5.41) is 2.50. The lowest BCUT2D eigenvalue weighted by Gasteiger charge is -2.26. The van der Waals surface area contributed by atoms with Gasteiger partial charge < -0.3 is 19.5 Å². The van der Waals surface area contributed by atoms with Crippen molar-refractivity contribution in [3.05, 3.63) is 30.4 Å². The highest BCUT2D eigenvalue weighted by Crippen LogP contribution is 2.30. The lowest BCUT2D eigenvalue weighted by atomic mass is 10.3. The van der Waals surface area contributed by atoms with E-state index in [-0.39, 0.29) is 29.4 Å². The Morgan fingerprint density at radius 1 is 1.30 bits per heavy atom. The smallest absolute Gasteiger partial charge is 0.330 e. The Bertz CT molecular complexity index is 815. The summed E-state index contributed by atoms with van der Waals surface area (Å²) < 4.78 is 42.2. The van der Waals surface area contributed by atoms with Gasteiger partial charge in [-0.1, -0.05) is 6.08 Å². The van der Waals surface area contributed by atoms with Crippen molar-refractivity contribution in [2.24, 2.45) is 0 Å². The highest BCUT2D eigenvalue weighted by molar-refractivity contribution is 7.89. The summed E-state index contributed by atoms with van der Waals surface area (Å²) in [4.78, 5) is 23.1. The molecule has 27 heavy (non-hydrogen) atoms. The van der Waals surface area contributed by atoms with Crippen LogP contribution < -0.4 is 10.1 Å². The van der Waals surface area contributed by atoms with Crippen LogP contribution in [0.5, 0.6) is 5.75 Å². The van der Waals surface area contributed by atoms with E-state index >= 15 is 0 Å². The summed E-state index contributed by atoms with van der Waals surface area (Å²) in [6.07, 6.45) is 2.68. The first-order valence-corrected chi connectivity index (χ1v) is 9.67. The quantitative estimate of drug-likeness (QED) is 0.533. The Morgan fingerprint density at radius 3 is 2.63 bits per heavy atom. The highest BCUT2D eigenvalue weighted by Gasteiger charge is 2.29. The van der Waals surface area contributed by atoms with Gasteiger partial charge in [0.2, 0.25) is 10.0 Å². The van der Waals surface area contributed by atoms with Gasteiger partial charge in [0.05, 0.1) is 20.3 Å². The molecular formula is C17H22N2O7S. The zero-order valence-corrected chi connectivity index (χ0v) is 16.0. The van der Waals surface area contributed by atoms with E-state index < -0.39 is 28.5 Å². The van der Waals surface area contributed by atoms with Crippen LogP contribution in [0.1, 0.15) is 6.92 Å². The van der Waals surface area contributed by atoms with E-state index in [0.717, 1.165) is 0 Å². The van der Waals surface area contributed by atoms with Crippen LogP contribution in [0.2, 0.25) is 0 Å². The number of sulfonamides is 1. The molecule has 1 aromatic carbocycles. The number of nitrogens with one attached hydrogen (secondary N) is 1. The number of hydrogen-bond acceptors (Lipinski definition) is 7. The number of morpholine rings is 1. The molecule has 0 bridgehead atoms. The van der Waals surface area contributed by atoms with Crippen LogP contribution in [-0.4, -0.2) is 64.6 Å². The van der Waals surface area contributed by atoms with Gasteiger partial charge in [-0.05, 0) is 25.1 Å². The van der Waals surface area contributed by atoms with E-state index in [1.165, 1.54) is 41.8 Å². The van der Waals surface area contributed by atoms with Crippen molar-refractivity contribution in [1.82, 2.24) is 4.31 Å². The minimum atomic E-state index is -3.81. The number of hydrogen-bond donors (Lipinski definition) is 1. The molecule has 1 amide bonds. The van der Waals surface area contributed by atoms with Crippen LogP contribution >= 0.6 is 0 Å². The lowest BCUT2D eigenvalue weighted by molar-refractivity contribution is -0.142. The van der Waals surface area contributed by atoms with Gasteiger partial charge in [0.1, 0.15) is 10.6 Å². The number of carbonyl (C=O) groups is 2. The molecule has 0 radical (unpaired) electrons. The van der Waals surface area contributed by atoms with E-state index in [0.29, 0.717) is 13.2 Å². The van der Waals surface area contributed by atoms with E-state index in [9.17, 15) is 18.0 Å². The molecule has 1 N–H and O–H groups in total. The molecule has 0 aromatic heterocycles. The maximum Gasteiger partial charge on any atom is 0.330 e. The normalized spacial score (nSPS) is 15.5. The topological polar surface area (TPSA) is 111 Å². The van der Waals surface area contributed by atoms with E-state index in [2.05, 4.69) is 5.32 Å². The van der Waals surface area contributed by atoms with Crippen molar-refractivity contribution in [3.63, 3.8) is 0 Å². The van der Waals surface area contributed by atoms with Crippen molar-refractivity contribution in [1.29, 1.82) is 0 Å². The van der Waals surface area contributed by atoms with Crippen molar-refractivity contribution < 1.29 is 32.2 Å². The Morgan fingerprint density at radius 2 is 2.00 bits per heavy atom. The third-order valence-electron chi connectivity index (χ3n) is 3.68. The van der Waals surface area contributed by atoms with Crippen LogP contribution in [0.15, 0.2) is 35.2 Å². The predicted octanol–water partition coefficient (Wildman–Crippen LogP) is 0.774. The van der Waals surface area contributed by atoms with Crippen LogP contribution in [0.25, 0.3) is 0 Å². The summed E-state index contributed by atoms with van der Waals surface area (Å²) >= 11 is 0. The number of rotatable bonds is 7. The Balaban J connectivity index is 2.17. The number of amides is 1. The standard InChI is InChI=1S/C17H22N2O7S/c1-3-4-17(21)26-12-16(20)18-13-5-6-14(24-2)15(11-13)27(22,23)19-7-9-25-10-8-19/h3-6,11H,7-10,12H2,1-2H3,(H,18,20)/b4-3+. The van der Waals surface area contributed by atoms with Crippen LogP contribution in [0, 0.1) is 0 Å². The largest absolute Gasteiger partial charge is 0.495 e. The Hall–Kier alpha value is -2.43. The average Bonchev–Trinajstić information content (AvgIpc) is 2.67. The summed E-state index contributed by atoms with van der Waals surface area (Å²) in [7, 11) is -2.45. The zero-order valence-electron chi connectivity index (χ0n) is 15.1. The second-order valence-electron chi connectivity index (χ2n) is 5.54. The average molecular weight is 398 g/mol. The number of carbonyl (C=O) groups excluding carboxylic acids is 2. The fraction of sp³-hybridized carbons (Fsp3) is 0.412. The summed E-state index contributed by atoms with van der Waals surface area (Å²) in [6.45, 7) is 2.27. The van der Waals surface area contributed by atoms with Gasteiger partial charge in [-0.15, -0.1) is 0 Å². The predicted molar refractivity (Wildman–Crippen MR) is 97.0 cm³/mol. The SMILES string of the molecule is C/C=C/C(=O)OCC(=O)Nc1ccc(OC)c(S(=O)(=O)N2CCOCC2)c1. The maximum atomic E-state index is 12.9. The number of esters is 1. The second-order valence-corrected chi connectivity index (χ2v) is 7.44. The molecule has 0 atom stereocenters. The van der Waals surface area contributed by atoms with Gasteiger partial charge in [0, 0.05) is 24.9 Å². The second kappa shape index (κ2) is 9.49. The maximum absolute atomic E-state index is 12.9. The highest BCUT2D eigenvalue weighted by atomic mass is 32.2. The minimum Gasteiger partial charge on any atom is -0.495 e. The molecule has 1 aliphatic heterocycles. The number of ether oxygens (including phenoxy) is 3. The monoisotopic (exact) mass is 398 g/mol. The third-order valence-corrected chi connectivity index (χ3v) is 5.60. The van der Waals surface area contributed by atoms with Gasteiger partial charge in [-0.25, -0.2) is 13.2 Å². The first-order chi connectivity index (χ1) is 12.9. The zero-order chi connectivity index (χ0) is 19.9. The molecule has 1 aromatic rings. The van der Waals surface area contributed by atoms with Crippen molar-refractivity contribution in [2.45, 2.75) is 11.8 Å². The van der Waals surface area contributed by atoms with Gasteiger partial charge in [0.25, 0.3) is 5.91 Å². The molecule has 0 unspecified atom stereocenters. The van der Waals surface area contributed by atoms with Gasteiger partial charge in [-0.3, -0.25) is 4.79 Å². The molecule has 2 rings (SSSR count). The molecule has 1 fully saturated rings. The molecule has 0 aliphatic carbocycles.